The van der Waals surface area contributed by atoms with E-state index in [9.17, 15) is 8.42 Å². The third-order valence-corrected chi connectivity index (χ3v) is 6.03. The van der Waals surface area contributed by atoms with Crippen molar-refractivity contribution in [3.8, 4) is 11.4 Å². The van der Waals surface area contributed by atoms with Gasteiger partial charge in [0.05, 0.1) is 21.7 Å². The molecule has 8 nitrogen and oxygen atoms in total. The van der Waals surface area contributed by atoms with Crippen molar-refractivity contribution in [2.45, 2.75) is 29.3 Å². The van der Waals surface area contributed by atoms with Gasteiger partial charge in [0.1, 0.15) is 0 Å². The van der Waals surface area contributed by atoms with Crippen molar-refractivity contribution in [1.82, 2.24) is 19.7 Å². The van der Waals surface area contributed by atoms with E-state index in [2.05, 4.69) is 15.1 Å². The number of hydrogen-bond donors (Lipinski definition) is 1. The lowest BCUT2D eigenvalue weighted by Crippen LogP contribution is -2.11. The number of primary sulfonamides is 1. The molecular formula is C18H17N5O3S2. The number of nitrogens with zero attached hydrogens (tertiary/aromatic N) is 4. The van der Waals surface area contributed by atoms with Crippen LogP contribution in [0.4, 0.5) is 0 Å². The molecule has 0 unspecified atom stereocenters. The molecule has 0 saturated carbocycles. The Morgan fingerprint density at radius 1 is 1.14 bits per heavy atom. The van der Waals surface area contributed by atoms with Gasteiger partial charge in [-0.1, -0.05) is 47.3 Å². The van der Waals surface area contributed by atoms with Crippen LogP contribution in [0.5, 0.6) is 0 Å². The van der Waals surface area contributed by atoms with Crippen LogP contribution >= 0.6 is 11.8 Å². The number of aromatic nitrogens is 4. The minimum absolute atomic E-state index is 0.0432. The molecule has 2 N–H and O–H groups in total. The summed E-state index contributed by atoms with van der Waals surface area (Å²) in [5.41, 5.74) is 2.30. The second-order valence-corrected chi connectivity index (χ2v) is 8.50. The second kappa shape index (κ2) is 7.38. The van der Waals surface area contributed by atoms with E-state index in [1.54, 1.807) is 6.07 Å². The first-order valence-electron chi connectivity index (χ1n) is 8.49. The van der Waals surface area contributed by atoms with E-state index in [4.69, 9.17) is 9.66 Å². The quantitative estimate of drug-likeness (QED) is 0.481. The summed E-state index contributed by atoms with van der Waals surface area (Å²) in [7, 11) is -3.77. The summed E-state index contributed by atoms with van der Waals surface area (Å²) in [5, 5.41) is 9.97. The lowest BCUT2D eigenvalue weighted by atomic mass is 10.2. The maximum Gasteiger partial charge on any atom is 0.238 e. The maximum absolute atomic E-state index is 11.6. The van der Waals surface area contributed by atoms with Crippen molar-refractivity contribution < 1.29 is 12.9 Å². The van der Waals surface area contributed by atoms with Crippen LogP contribution in [0.3, 0.4) is 0 Å². The molecule has 0 saturated heterocycles. The van der Waals surface area contributed by atoms with E-state index < -0.39 is 10.0 Å². The Morgan fingerprint density at radius 2 is 1.93 bits per heavy atom. The third kappa shape index (κ3) is 3.66. The molecule has 2 aromatic carbocycles. The number of thioether (sulfide) groups is 1. The van der Waals surface area contributed by atoms with Gasteiger partial charge in [0.25, 0.3) is 0 Å². The molecule has 4 rings (SSSR count). The van der Waals surface area contributed by atoms with E-state index in [1.807, 2.05) is 41.8 Å². The summed E-state index contributed by atoms with van der Waals surface area (Å²) in [6.07, 6.45) is 0. The van der Waals surface area contributed by atoms with Gasteiger partial charge in [0.15, 0.2) is 5.16 Å². The molecule has 144 valence electrons. The van der Waals surface area contributed by atoms with Crippen LogP contribution in [0.15, 0.2) is 63.1 Å². The molecule has 0 aliphatic rings. The van der Waals surface area contributed by atoms with Crippen LogP contribution in [0.1, 0.15) is 12.8 Å². The minimum Gasteiger partial charge on any atom is -0.338 e. The molecule has 2 heterocycles. The lowest BCUT2D eigenvalue weighted by Gasteiger charge is -2.04. The Morgan fingerprint density at radius 3 is 2.64 bits per heavy atom. The number of rotatable bonds is 6. The molecule has 0 spiro atoms. The number of benzene rings is 2. The van der Waals surface area contributed by atoms with Gasteiger partial charge in [-0.05, 0) is 25.1 Å². The van der Waals surface area contributed by atoms with Gasteiger partial charge in [-0.2, -0.15) is 4.98 Å². The Bertz CT molecular complexity index is 1230. The Balaban J connectivity index is 1.59. The molecule has 0 aliphatic heterocycles. The average molecular weight is 416 g/mol. The zero-order chi connectivity index (χ0) is 19.7. The van der Waals surface area contributed by atoms with E-state index in [0.717, 1.165) is 16.2 Å². The molecule has 10 heteroatoms. The summed E-state index contributed by atoms with van der Waals surface area (Å²) >= 11 is 1.45. The van der Waals surface area contributed by atoms with Crippen molar-refractivity contribution in [3.63, 3.8) is 0 Å². The SMILES string of the molecule is CCn1c(SCc2nc(-c3ccccc3)no2)nc2cc(S(N)(=O)=O)ccc21. The van der Waals surface area contributed by atoms with Gasteiger partial charge < -0.3 is 9.09 Å². The van der Waals surface area contributed by atoms with Crippen LogP contribution in [0.2, 0.25) is 0 Å². The summed E-state index contributed by atoms with van der Waals surface area (Å²) < 4.78 is 30.5. The number of sulfonamides is 1. The first-order chi connectivity index (χ1) is 13.5. The standard InChI is InChI=1S/C18H17N5O3S2/c1-2-23-15-9-8-13(28(19,24)25)10-14(15)20-18(23)27-11-16-21-17(22-26-16)12-6-4-3-5-7-12/h3-10H,2,11H2,1H3,(H2,19,24,25). The predicted molar refractivity (Wildman–Crippen MR) is 106 cm³/mol. The van der Waals surface area contributed by atoms with Crippen LogP contribution < -0.4 is 5.14 Å². The van der Waals surface area contributed by atoms with Crippen LogP contribution in [-0.4, -0.2) is 28.1 Å². The molecular weight excluding hydrogens is 398 g/mol. The van der Waals surface area contributed by atoms with Gasteiger partial charge in [0, 0.05) is 12.1 Å². The van der Waals surface area contributed by atoms with Crippen LogP contribution in [0.25, 0.3) is 22.4 Å². The average Bonchev–Trinajstić information content (AvgIpc) is 3.30. The van der Waals surface area contributed by atoms with E-state index in [0.29, 0.717) is 29.5 Å². The van der Waals surface area contributed by atoms with Gasteiger partial charge in [-0.15, -0.1) is 0 Å². The fourth-order valence-corrected chi connectivity index (χ4v) is 4.27. The highest BCUT2D eigenvalue weighted by Crippen LogP contribution is 2.28. The lowest BCUT2D eigenvalue weighted by molar-refractivity contribution is 0.391. The number of fused-ring (bicyclic) bond motifs is 1. The highest BCUT2D eigenvalue weighted by Gasteiger charge is 2.16. The first kappa shape index (κ1) is 18.7. The van der Waals surface area contributed by atoms with Crippen molar-refractivity contribution in [2.75, 3.05) is 0 Å². The molecule has 0 amide bonds. The summed E-state index contributed by atoms with van der Waals surface area (Å²) in [6, 6.07) is 14.3. The molecule has 0 radical (unpaired) electrons. The molecule has 4 aromatic rings. The molecule has 0 bridgehead atoms. The van der Waals surface area contributed by atoms with Crippen LogP contribution in [-0.2, 0) is 22.3 Å². The van der Waals surface area contributed by atoms with Crippen molar-refractivity contribution in [2.24, 2.45) is 5.14 Å². The highest BCUT2D eigenvalue weighted by atomic mass is 32.2. The summed E-state index contributed by atoms with van der Waals surface area (Å²) in [5.74, 6) is 1.48. The van der Waals surface area contributed by atoms with E-state index in [-0.39, 0.29) is 4.90 Å². The van der Waals surface area contributed by atoms with Crippen molar-refractivity contribution >= 4 is 32.8 Å². The molecule has 28 heavy (non-hydrogen) atoms. The Hall–Kier alpha value is -2.69. The highest BCUT2D eigenvalue weighted by molar-refractivity contribution is 7.98. The zero-order valence-corrected chi connectivity index (χ0v) is 16.6. The summed E-state index contributed by atoms with van der Waals surface area (Å²) in [6.45, 7) is 2.69. The van der Waals surface area contributed by atoms with Gasteiger partial charge in [-0.3, -0.25) is 0 Å². The minimum atomic E-state index is -3.77. The topological polar surface area (TPSA) is 117 Å². The molecule has 0 aliphatic carbocycles. The maximum atomic E-state index is 11.6. The molecule has 0 fully saturated rings. The smallest absolute Gasteiger partial charge is 0.238 e. The van der Waals surface area contributed by atoms with Gasteiger partial charge >= 0.3 is 0 Å². The third-order valence-electron chi connectivity index (χ3n) is 4.15. The first-order valence-corrected chi connectivity index (χ1v) is 11.0. The number of nitrogens with two attached hydrogens (primary N) is 1. The number of imidazole rings is 1. The van der Waals surface area contributed by atoms with Gasteiger partial charge in [-0.25, -0.2) is 18.5 Å². The van der Waals surface area contributed by atoms with E-state index >= 15 is 0 Å². The normalized spacial score (nSPS) is 11.9. The zero-order valence-electron chi connectivity index (χ0n) is 14.9. The van der Waals surface area contributed by atoms with Crippen molar-refractivity contribution in [3.05, 3.63) is 54.4 Å². The molecule has 0 atom stereocenters. The van der Waals surface area contributed by atoms with E-state index in [1.165, 1.54) is 23.9 Å². The predicted octanol–water partition coefficient (Wildman–Crippen LogP) is 3.05. The monoisotopic (exact) mass is 415 g/mol. The Kier molecular flexibility index (Phi) is 4.92. The Labute approximate surface area is 165 Å². The fourth-order valence-electron chi connectivity index (χ4n) is 2.82. The second-order valence-electron chi connectivity index (χ2n) is 6.00. The van der Waals surface area contributed by atoms with Crippen LogP contribution in [0, 0.1) is 0 Å². The van der Waals surface area contributed by atoms with Gasteiger partial charge in [0.2, 0.25) is 21.7 Å². The summed E-state index contributed by atoms with van der Waals surface area (Å²) in [4.78, 5) is 9.02. The number of aryl methyl sites for hydroxylation is 1. The van der Waals surface area contributed by atoms with Crippen molar-refractivity contribution in [1.29, 1.82) is 0 Å². The fraction of sp³-hybridized carbons (Fsp3) is 0.167. The number of hydrogen-bond acceptors (Lipinski definition) is 7. The molecule has 2 aromatic heterocycles. The largest absolute Gasteiger partial charge is 0.338 e.